The fourth-order valence-electron chi connectivity index (χ4n) is 1.40. The van der Waals surface area contributed by atoms with Crippen LogP contribution in [0.3, 0.4) is 0 Å². The Morgan fingerprint density at radius 3 is 2.67 bits per heavy atom. The number of amides is 1. The molecule has 1 aromatic heterocycles. The fourth-order valence-corrected chi connectivity index (χ4v) is 1.40. The van der Waals surface area contributed by atoms with Gasteiger partial charge in [0.15, 0.2) is 0 Å². The Morgan fingerprint density at radius 1 is 1.44 bits per heavy atom. The van der Waals surface area contributed by atoms with E-state index < -0.39 is 11.7 Å². The number of hydrogen-bond donors (Lipinski definition) is 1. The van der Waals surface area contributed by atoms with E-state index in [1.54, 1.807) is 7.11 Å². The maximum Gasteiger partial charge on any atom is 0.408 e. The third-order valence-electron chi connectivity index (χ3n) is 2.13. The summed E-state index contributed by atoms with van der Waals surface area (Å²) in [5, 5.41) is 2.71. The average molecular weight is 255 g/mol. The molecule has 18 heavy (non-hydrogen) atoms. The van der Waals surface area contributed by atoms with Crippen molar-refractivity contribution in [3.8, 4) is 0 Å². The zero-order valence-electron chi connectivity index (χ0n) is 11.6. The Hall–Kier alpha value is -1.49. The lowest BCUT2D eigenvalue weighted by Crippen LogP contribution is -2.33. The number of rotatable bonds is 4. The second-order valence-electron chi connectivity index (χ2n) is 5.11. The van der Waals surface area contributed by atoms with E-state index in [2.05, 4.69) is 5.32 Å². The average Bonchev–Trinajstić information content (AvgIpc) is 2.63. The van der Waals surface area contributed by atoms with E-state index in [9.17, 15) is 4.79 Å². The Balaban J connectivity index is 2.53. The van der Waals surface area contributed by atoms with Crippen LogP contribution in [0, 0.1) is 0 Å². The smallest absolute Gasteiger partial charge is 0.408 e. The monoisotopic (exact) mass is 255 g/mol. The molecule has 5 heteroatoms. The van der Waals surface area contributed by atoms with Crippen molar-refractivity contribution in [2.75, 3.05) is 7.11 Å². The van der Waals surface area contributed by atoms with Crippen LogP contribution in [0.15, 0.2) is 16.5 Å². The van der Waals surface area contributed by atoms with Crippen molar-refractivity contribution < 1.29 is 18.7 Å². The number of nitrogens with one attached hydrogen (secondary N) is 1. The van der Waals surface area contributed by atoms with Crippen molar-refractivity contribution in [2.24, 2.45) is 0 Å². The molecule has 0 saturated heterocycles. The molecule has 1 heterocycles. The molecule has 0 aliphatic carbocycles. The van der Waals surface area contributed by atoms with Crippen molar-refractivity contribution in [3.05, 3.63) is 23.7 Å². The lowest BCUT2D eigenvalue weighted by atomic mass is 10.2. The highest BCUT2D eigenvalue weighted by molar-refractivity contribution is 5.68. The Bertz CT molecular complexity index is 392. The van der Waals surface area contributed by atoms with Gasteiger partial charge in [-0.25, -0.2) is 4.79 Å². The predicted octanol–water partition coefficient (Wildman–Crippen LogP) is 3.01. The highest BCUT2D eigenvalue weighted by atomic mass is 16.6. The minimum atomic E-state index is -0.506. The minimum absolute atomic E-state index is 0.245. The maximum absolute atomic E-state index is 11.6. The van der Waals surface area contributed by atoms with Gasteiger partial charge in [0, 0.05) is 7.11 Å². The van der Waals surface area contributed by atoms with Gasteiger partial charge in [0.1, 0.15) is 23.7 Å². The molecule has 102 valence electrons. The molecule has 1 aromatic rings. The van der Waals surface area contributed by atoms with Gasteiger partial charge < -0.3 is 19.2 Å². The van der Waals surface area contributed by atoms with Gasteiger partial charge in [-0.05, 0) is 39.8 Å². The molecule has 0 fully saturated rings. The first-order valence-electron chi connectivity index (χ1n) is 5.89. The van der Waals surface area contributed by atoms with Crippen LogP contribution in [-0.2, 0) is 16.1 Å². The molecule has 0 aromatic carbocycles. The lowest BCUT2D eigenvalue weighted by Gasteiger charge is -2.21. The summed E-state index contributed by atoms with van der Waals surface area (Å²) in [4.78, 5) is 11.6. The van der Waals surface area contributed by atoms with Gasteiger partial charge in [0.25, 0.3) is 0 Å². The van der Waals surface area contributed by atoms with Crippen LogP contribution >= 0.6 is 0 Å². The van der Waals surface area contributed by atoms with E-state index in [1.165, 1.54) is 0 Å². The maximum atomic E-state index is 11.6. The van der Waals surface area contributed by atoms with Crippen LogP contribution in [0.25, 0.3) is 0 Å². The molecule has 1 rings (SSSR count). The van der Waals surface area contributed by atoms with Crippen LogP contribution < -0.4 is 5.32 Å². The molecule has 5 nitrogen and oxygen atoms in total. The van der Waals surface area contributed by atoms with E-state index in [-0.39, 0.29) is 6.04 Å². The van der Waals surface area contributed by atoms with Gasteiger partial charge in [-0.15, -0.1) is 0 Å². The normalized spacial score (nSPS) is 13.2. The summed E-state index contributed by atoms with van der Waals surface area (Å²) in [6, 6.07) is 3.40. The number of furan rings is 1. The molecule has 0 aliphatic rings. The summed E-state index contributed by atoms with van der Waals surface area (Å²) < 4.78 is 15.7. The molecule has 0 saturated carbocycles. The van der Waals surface area contributed by atoms with Gasteiger partial charge >= 0.3 is 6.09 Å². The molecule has 1 N–H and O–H groups in total. The standard InChI is InChI=1S/C13H21NO4/c1-9(14-12(15)18-13(2,3)4)11-7-6-10(17-11)8-16-5/h6-7,9H,8H2,1-5H3,(H,14,15). The number of hydrogen-bond acceptors (Lipinski definition) is 4. The van der Waals surface area contributed by atoms with E-state index in [4.69, 9.17) is 13.9 Å². The number of alkyl carbamates (subject to hydrolysis) is 1. The zero-order chi connectivity index (χ0) is 13.8. The third kappa shape index (κ3) is 4.79. The van der Waals surface area contributed by atoms with Crippen molar-refractivity contribution in [3.63, 3.8) is 0 Å². The van der Waals surface area contributed by atoms with E-state index in [0.29, 0.717) is 12.4 Å². The van der Waals surface area contributed by atoms with Gasteiger partial charge in [-0.1, -0.05) is 0 Å². The first-order chi connectivity index (χ1) is 8.31. The first-order valence-corrected chi connectivity index (χ1v) is 5.89. The third-order valence-corrected chi connectivity index (χ3v) is 2.13. The molecule has 0 bridgehead atoms. The SMILES string of the molecule is COCc1ccc(C(C)NC(=O)OC(C)(C)C)o1. The highest BCUT2D eigenvalue weighted by Crippen LogP contribution is 2.17. The number of methoxy groups -OCH3 is 1. The molecule has 0 radical (unpaired) electrons. The van der Waals surface area contributed by atoms with E-state index >= 15 is 0 Å². The van der Waals surface area contributed by atoms with E-state index in [0.717, 1.165) is 5.76 Å². The van der Waals surface area contributed by atoms with Crippen LogP contribution in [0.5, 0.6) is 0 Å². The van der Waals surface area contributed by atoms with Crippen molar-refractivity contribution in [1.29, 1.82) is 0 Å². The first kappa shape index (κ1) is 14.6. The number of carbonyl (C=O) groups excluding carboxylic acids is 1. The summed E-state index contributed by atoms with van der Waals surface area (Å²) in [5.41, 5.74) is -0.506. The molecular weight excluding hydrogens is 234 g/mol. The zero-order valence-corrected chi connectivity index (χ0v) is 11.6. The van der Waals surface area contributed by atoms with Gasteiger partial charge in [-0.3, -0.25) is 0 Å². The molecular formula is C13H21NO4. The van der Waals surface area contributed by atoms with Crippen LogP contribution in [0.2, 0.25) is 0 Å². The summed E-state index contributed by atoms with van der Waals surface area (Å²) in [5.74, 6) is 1.40. The Kier molecular flexibility index (Phi) is 4.78. The van der Waals surface area contributed by atoms with Crippen molar-refractivity contribution >= 4 is 6.09 Å². The molecule has 1 amide bonds. The highest BCUT2D eigenvalue weighted by Gasteiger charge is 2.19. The van der Waals surface area contributed by atoms with Gasteiger partial charge in [-0.2, -0.15) is 0 Å². The quantitative estimate of drug-likeness (QED) is 0.898. The fraction of sp³-hybridized carbons (Fsp3) is 0.615. The minimum Gasteiger partial charge on any atom is -0.461 e. The van der Waals surface area contributed by atoms with Crippen LogP contribution in [-0.4, -0.2) is 18.8 Å². The summed E-state index contributed by atoms with van der Waals surface area (Å²) in [6.07, 6.45) is -0.459. The molecule has 1 unspecified atom stereocenters. The Labute approximate surface area is 107 Å². The topological polar surface area (TPSA) is 60.7 Å². The predicted molar refractivity (Wildman–Crippen MR) is 67.2 cm³/mol. The Morgan fingerprint density at radius 2 is 2.11 bits per heavy atom. The van der Waals surface area contributed by atoms with Crippen LogP contribution in [0.4, 0.5) is 4.79 Å². The van der Waals surface area contributed by atoms with Gasteiger partial charge in [0.05, 0.1) is 6.04 Å². The van der Waals surface area contributed by atoms with Crippen molar-refractivity contribution in [1.82, 2.24) is 5.32 Å². The van der Waals surface area contributed by atoms with Gasteiger partial charge in [0.2, 0.25) is 0 Å². The molecule has 0 spiro atoms. The summed E-state index contributed by atoms with van der Waals surface area (Å²) in [6.45, 7) is 7.71. The molecule has 0 aliphatic heterocycles. The summed E-state index contributed by atoms with van der Waals surface area (Å²) >= 11 is 0. The number of carbonyl (C=O) groups is 1. The largest absolute Gasteiger partial charge is 0.461 e. The number of ether oxygens (including phenoxy) is 2. The summed E-state index contributed by atoms with van der Waals surface area (Å²) in [7, 11) is 1.60. The lowest BCUT2D eigenvalue weighted by molar-refractivity contribution is 0.0501. The van der Waals surface area contributed by atoms with Crippen molar-refractivity contribution in [2.45, 2.75) is 45.9 Å². The second-order valence-corrected chi connectivity index (χ2v) is 5.11. The molecule has 1 atom stereocenters. The second kappa shape index (κ2) is 5.91. The van der Waals surface area contributed by atoms with Crippen LogP contribution in [0.1, 0.15) is 45.3 Å². The van der Waals surface area contributed by atoms with E-state index in [1.807, 2.05) is 39.8 Å².